The highest BCUT2D eigenvalue weighted by atomic mass is 16.3. The van der Waals surface area contributed by atoms with Crippen molar-refractivity contribution in [1.29, 1.82) is 0 Å². The van der Waals surface area contributed by atoms with Crippen LogP contribution in [0.15, 0.2) is 24.3 Å². The molecule has 1 aromatic rings. The first kappa shape index (κ1) is 9.83. The van der Waals surface area contributed by atoms with Crippen molar-refractivity contribution in [3.8, 4) is 11.8 Å². The van der Waals surface area contributed by atoms with Crippen LogP contribution in [-0.2, 0) is 6.61 Å². The number of hydrogen-bond acceptors (Lipinski definition) is 1. The van der Waals surface area contributed by atoms with E-state index in [2.05, 4.69) is 18.8 Å². The number of benzene rings is 1. The molecule has 68 valence electrons. The van der Waals surface area contributed by atoms with Crippen molar-refractivity contribution in [1.82, 2.24) is 0 Å². The molecule has 0 aromatic heterocycles. The largest absolute Gasteiger partial charge is 0.392 e. The molecule has 0 amide bonds. The molecule has 0 heterocycles. The maximum absolute atomic E-state index is 9.01. The second kappa shape index (κ2) is 5.40. The Hall–Kier alpha value is -1.26. The van der Waals surface area contributed by atoms with Crippen LogP contribution < -0.4 is 0 Å². The zero-order valence-corrected chi connectivity index (χ0v) is 7.88. The summed E-state index contributed by atoms with van der Waals surface area (Å²) in [7, 11) is 0. The third kappa shape index (κ3) is 2.93. The maximum atomic E-state index is 9.01. The minimum Gasteiger partial charge on any atom is -0.392 e. The third-order valence-electron chi connectivity index (χ3n) is 1.79. The SMILES string of the molecule is CCCC#Cc1ccccc1CO. The molecule has 1 heteroatoms. The van der Waals surface area contributed by atoms with E-state index in [4.69, 9.17) is 5.11 Å². The average Bonchev–Trinajstić information content (AvgIpc) is 2.19. The summed E-state index contributed by atoms with van der Waals surface area (Å²) in [5.74, 6) is 6.12. The van der Waals surface area contributed by atoms with Crippen molar-refractivity contribution in [2.45, 2.75) is 26.4 Å². The van der Waals surface area contributed by atoms with Gasteiger partial charge < -0.3 is 5.11 Å². The molecule has 0 aliphatic heterocycles. The normalized spacial score (nSPS) is 9.08. The maximum Gasteiger partial charge on any atom is 0.0694 e. The van der Waals surface area contributed by atoms with Gasteiger partial charge in [0.2, 0.25) is 0 Å². The number of unbranched alkanes of at least 4 members (excludes halogenated alkanes) is 1. The van der Waals surface area contributed by atoms with Crippen molar-refractivity contribution >= 4 is 0 Å². The second-order valence-electron chi connectivity index (χ2n) is 2.87. The fourth-order valence-electron chi connectivity index (χ4n) is 1.06. The summed E-state index contributed by atoms with van der Waals surface area (Å²) in [6, 6.07) is 7.69. The molecule has 0 radical (unpaired) electrons. The number of aliphatic hydroxyl groups excluding tert-OH is 1. The molecule has 1 aromatic carbocycles. The first-order valence-electron chi connectivity index (χ1n) is 4.56. The molecule has 0 aliphatic carbocycles. The lowest BCUT2D eigenvalue weighted by Crippen LogP contribution is -1.87. The van der Waals surface area contributed by atoms with E-state index in [0.29, 0.717) is 0 Å². The zero-order valence-electron chi connectivity index (χ0n) is 7.88. The molecule has 0 fully saturated rings. The minimum absolute atomic E-state index is 0.0664. The van der Waals surface area contributed by atoms with Crippen LogP contribution in [0.2, 0.25) is 0 Å². The lowest BCUT2D eigenvalue weighted by molar-refractivity contribution is 0.281. The molecule has 0 aliphatic rings. The summed E-state index contributed by atoms with van der Waals surface area (Å²) in [4.78, 5) is 0. The summed E-state index contributed by atoms with van der Waals surface area (Å²) < 4.78 is 0. The van der Waals surface area contributed by atoms with Crippen LogP contribution in [-0.4, -0.2) is 5.11 Å². The highest BCUT2D eigenvalue weighted by molar-refractivity contribution is 5.40. The van der Waals surface area contributed by atoms with Crippen LogP contribution in [0.3, 0.4) is 0 Å². The van der Waals surface area contributed by atoms with E-state index < -0.39 is 0 Å². The molecule has 0 spiro atoms. The summed E-state index contributed by atoms with van der Waals surface area (Å²) >= 11 is 0. The van der Waals surface area contributed by atoms with E-state index in [-0.39, 0.29) is 6.61 Å². The van der Waals surface area contributed by atoms with Gasteiger partial charge in [-0.3, -0.25) is 0 Å². The fraction of sp³-hybridized carbons (Fsp3) is 0.333. The second-order valence-corrected chi connectivity index (χ2v) is 2.87. The van der Waals surface area contributed by atoms with Crippen molar-refractivity contribution in [3.63, 3.8) is 0 Å². The monoisotopic (exact) mass is 174 g/mol. The Morgan fingerprint density at radius 1 is 1.31 bits per heavy atom. The van der Waals surface area contributed by atoms with Gasteiger partial charge in [-0.15, -0.1) is 0 Å². The van der Waals surface area contributed by atoms with Gasteiger partial charge in [-0.05, 0) is 18.1 Å². The van der Waals surface area contributed by atoms with Gasteiger partial charge in [0.1, 0.15) is 0 Å². The Balaban J connectivity index is 2.82. The molecule has 0 saturated heterocycles. The molecular formula is C12H14O. The Morgan fingerprint density at radius 3 is 2.77 bits per heavy atom. The van der Waals surface area contributed by atoms with Crippen LogP contribution >= 0.6 is 0 Å². The molecule has 1 N–H and O–H groups in total. The van der Waals surface area contributed by atoms with Crippen molar-refractivity contribution < 1.29 is 5.11 Å². The molecule has 0 saturated carbocycles. The van der Waals surface area contributed by atoms with Gasteiger partial charge in [0, 0.05) is 12.0 Å². The fourth-order valence-corrected chi connectivity index (χ4v) is 1.06. The molecule has 1 nitrogen and oxygen atoms in total. The number of hydrogen-bond donors (Lipinski definition) is 1. The van der Waals surface area contributed by atoms with Crippen LogP contribution in [0, 0.1) is 11.8 Å². The first-order chi connectivity index (χ1) is 6.38. The Kier molecular flexibility index (Phi) is 4.08. The van der Waals surface area contributed by atoms with Crippen LogP contribution in [0.4, 0.5) is 0 Å². The van der Waals surface area contributed by atoms with E-state index in [1.54, 1.807) is 0 Å². The van der Waals surface area contributed by atoms with Gasteiger partial charge in [-0.2, -0.15) is 0 Å². The van der Waals surface area contributed by atoms with Crippen LogP contribution in [0.1, 0.15) is 30.9 Å². The van der Waals surface area contributed by atoms with Gasteiger partial charge in [0.15, 0.2) is 0 Å². The lowest BCUT2D eigenvalue weighted by atomic mass is 10.1. The summed E-state index contributed by atoms with van der Waals surface area (Å²) in [6.45, 7) is 2.17. The van der Waals surface area contributed by atoms with Gasteiger partial charge in [-0.1, -0.05) is 37.0 Å². The quantitative estimate of drug-likeness (QED) is 0.682. The van der Waals surface area contributed by atoms with E-state index >= 15 is 0 Å². The Labute approximate surface area is 79.4 Å². The summed E-state index contributed by atoms with van der Waals surface area (Å²) in [5.41, 5.74) is 1.85. The smallest absolute Gasteiger partial charge is 0.0694 e. The molecule has 1 rings (SSSR count). The van der Waals surface area contributed by atoms with E-state index in [0.717, 1.165) is 24.0 Å². The Morgan fingerprint density at radius 2 is 2.08 bits per heavy atom. The van der Waals surface area contributed by atoms with Crippen LogP contribution in [0.5, 0.6) is 0 Å². The Bertz CT molecular complexity index is 317. The molecule has 13 heavy (non-hydrogen) atoms. The minimum atomic E-state index is 0.0664. The molecule has 0 atom stereocenters. The van der Waals surface area contributed by atoms with Gasteiger partial charge >= 0.3 is 0 Å². The average molecular weight is 174 g/mol. The zero-order chi connectivity index (χ0) is 9.52. The van der Waals surface area contributed by atoms with E-state index in [1.165, 1.54) is 0 Å². The van der Waals surface area contributed by atoms with E-state index in [9.17, 15) is 0 Å². The van der Waals surface area contributed by atoms with Gasteiger partial charge in [0.25, 0.3) is 0 Å². The first-order valence-corrected chi connectivity index (χ1v) is 4.56. The summed E-state index contributed by atoms with van der Waals surface area (Å²) in [6.07, 6.45) is 1.99. The molecule has 0 unspecified atom stereocenters. The van der Waals surface area contributed by atoms with Gasteiger partial charge in [0.05, 0.1) is 6.61 Å². The highest BCUT2D eigenvalue weighted by Crippen LogP contribution is 2.06. The predicted molar refractivity (Wildman–Crippen MR) is 54.2 cm³/mol. The third-order valence-corrected chi connectivity index (χ3v) is 1.79. The topological polar surface area (TPSA) is 20.2 Å². The molecule has 0 bridgehead atoms. The standard InChI is InChI=1S/C12H14O/c1-2-3-4-7-11-8-5-6-9-12(11)10-13/h5-6,8-9,13H,2-3,10H2,1H3. The van der Waals surface area contributed by atoms with Crippen molar-refractivity contribution in [2.75, 3.05) is 0 Å². The molecular weight excluding hydrogens is 160 g/mol. The van der Waals surface area contributed by atoms with Gasteiger partial charge in [-0.25, -0.2) is 0 Å². The van der Waals surface area contributed by atoms with Crippen LogP contribution in [0.25, 0.3) is 0 Å². The lowest BCUT2D eigenvalue weighted by Gasteiger charge is -1.98. The highest BCUT2D eigenvalue weighted by Gasteiger charge is 1.94. The summed E-state index contributed by atoms with van der Waals surface area (Å²) in [5, 5.41) is 9.01. The number of rotatable bonds is 2. The van der Waals surface area contributed by atoms with E-state index in [1.807, 2.05) is 24.3 Å². The van der Waals surface area contributed by atoms with Crippen molar-refractivity contribution in [3.05, 3.63) is 35.4 Å². The number of aliphatic hydroxyl groups is 1. The predicted octanol–water partition coefficient (Wildman–Crippen LogP) is 2.33. The van der Waals surface area contributed by atoms with Crippen molar-refractivity contribution in [2.24, 2.45) is 0 Å².